The van der Waals surface area contributed by atoms with Crippen molar-refractivity contribution in [2.24, 2.45) is 5.18 Å². The Hall–Kier alpha value is -1.51. The second kappa shape index (κ2) is 3.26. The Bertz CT molecular complexity index is 333. The van der Waals surface area contributed by atoms with Crippen LogP contribution in [-0.4, -0.2) is 0 Å². The van der Waals surface area contributed by atoms with Gasteiger partial charge in [-0.05, 0) is 35.9 Å². The molecule has 0 fully saturated rings. The van der Waals surface area contributed by atoms with Gasteiger partial charge in [-0.2, -0.15) is 0 Å². The van der Waals surface area contributed by atoms with Gasteiger partial charge in [-0.1, -0.05) is 6.58 Å². The molecule has 0 N–H and O–H groups in total. The number of benzene rings is 1. The van der Waals surface area contributed by atoms with Crippen LogP contribution in [0.1, 0.15) is 12.5 Å². The molecule has 0 aliphatic carbocycles. The molecule has 0 saturated carbocycles. The van der Waals surface area contributed by atoms with E-state index >= 15 is 0 Å². The molecule has 0 aliphatic rings. The quantitative estimate of drug-likeness (QED) is 0.618. The Morgan fingerprint density at radius 2 is 2.25 bits per heavy atom. The predicted octanol–water partition coefficient (Wildman–Crippen LogP) is 3.26. The second-order valence-electron chi connectivity index (χ2n) is 2.53. The average Bonchev–Trinajstić information content (AvgIpc) is 2.04. The summed E-state index contributed by atoms with van der Waals surface area (Å²) in [6.07, 6.45) is 0. The van der Waals surface area contributed by atoms with Gasteiger partial charge >= 0.3 is 0 Å². The highest BCUT2D eigenvalue weighted by atomic mass is 19.1. The van der Waals surface area contributed by atoms with E-state index < -0.39 is 0 Å². The van der Waals surface area contributed by atoms with E-state index in [4.69, 9.17) is 0 Å². The molecule has 0 amide bonds. The molecular formula is C9H8FNO. The Kier molecular flexibility index (Phi) is 2.33. The Morgan fingerprint density at radius 3 is 2.75 bits per heavy atom. The largest absolute Gasteiger partial charge is 0.207 e. The maximum absolute atomic E-state index is 12.7. The van der Waals surface area contributed by atoms with Crippen molar-refractivity contribution in [1.29, 1.82) is 0 Å². The van der Waals surface area contributed by atoms with Crippen molar-refractivity contribution in [3.05, 3.63) is 41.1 Å². The molecule has 0 radical (unpaired) electrons. The molecule has 0 spiro atoms. The first-order valence-electron chi connectivity index (χ1n) is 3.44. The first-order valence-corrected chi connectivity index (χ1v) is 3.44. The normalized spacial score (nSPS) is 9.50. The molecule has 1 aromatic rings. The van der Waals surface area contributed by atoms with Gasteiger partial charge in [0, 0.05) is 5.56 Å². The highest BCUT2D eigenvalue weighted by Gasteiger charge is 2.04. The lowest BCUT2D eigenvalue weighted by molar-refractivity contribution is 0.627. The molecule has 2 nitrogen and oxygen atoms in total. The number of rotatable bonds is 2. The Labute approximate surface area is 69.7 Å². The lowest BCUT2D eigenvalue weighted by atomic mass is 10.1. The van der Waals surface area contributed by atoms with E-state index in [1.165, 1.54) is 18.2 Å². The summed E-state index contributed by atoms with van der Waals surface area (Å²) >= 11 is 0. The van der Waals surface area contributed by atoms with Crippen LogP contribution in [0.15, 0.2) is 30.0 Å². The van der Waals surface area contributed by atoms with Crippen molar-refractivity contribution in [3.8, 4) is 0 Å². The van der Waals surface area contributed by atoms with Crippen LogP contribution >= 0.6 is 0 Å². The first-order chi connectivity index (χ1) is 5.65. The van der Waals surface area contributed by atoms with E-state index in [2.05, 4.69) is 11.8 Å². The summed E-state index contributed by atoms with van der Waals surface area (Å²) in [5, 5.41) is 2.76. The Morgan fingerprint density at radius 1 is 1.58 bits per heavy atom. The molecule has 0 unspecified atom stereocenters. The van der Waals surface area contributed by atoms with Crippen LogP contribution in [0.2, 0.25) is 0 Å². The van der Waals surface area contributed by atoms with Crippen LogP contribution in [0.25, 0.3) is 5.57 Å². The molecule has 0 atom stereocenters. The minimum atomic E-state index is -0.389. The average molecular weight is 165 g/mol. The molecule has 12 heavy (non-hydrogen) atoms. The standard InChI is InChI=1S/C9H8FNO/c1-6(2)8-5-7(10)3-4-9(8)11-12/h3-5H,1H2,2H3. The van der Waals surface area contributed by atoms with Crippen molar-refractivity contribution in [2.75, 3.05) is 0 Å². The fraction of sp³-hybridized carbons (Fsp3) is 0.111. The number of nitroso groups, excluding NO2 is 1. The summed E-state index contributed by atoms with van der Waals surface area (Å²) in [7, 11) is 0. The number of hydrogen-bond donors (Lipinski definition) is 0. The van der Waals surface area contributed by atoms with Crippen LogP contribution in [0, 0.1) is 10.7 Å². The summed E-state index contributed by atoms with van der Waals surface area (Å²) in [5.41, 5.74) is 1.32. The van der Waals surface area contributed by atoms with Gasteiger partial charge < -0.3 is 0 Å². The monoisotopic (exact) mass is 165 g/mol. The highest BCUT2D eigenvalue weighted by Crippen LogP contribution is 2.25. The Balaban J connectivity index is 3.30. The fourth-order valence-electron chi connectivity index (χ4n) is 0.930. The van der Waals surface area contributed by atoms with Gasteiger partial charge in [0.1, 0.15) is 11.5 Å². The van der Waals surface area contributed by atoms with Crippen molar-refractivity contribution in [3.63, 3.8) is 0 Å². The zero-order valence-corrected chi connectivity index (χ0v) is 6.67. The van der Waals surface area contributed by atoms with E-state index in [0.717, 1.165) is 0 Å². The summed E-state index contributed by atoms with van der Waals surface area (Å²) in [6, 6.07) is 3.79. The number of hydrogen-bond acceptors (Lipinski definition) is 2. The molecule has 62 valence electrons. The summed E-state index contributed by atoms with van der Waals surface area (Å²) in [4.78, 5) is 10.2. The minimum absolute atomic E-state index is 0.226. The molecular weight excluding hydrogens is 157 g/mol. The third kappa shape index (κ3) is 1.56. The molecule has 0 saturated heterocycles. The van der Waals surface area contributed by atoms with Crippen molar-refractivity contribution in [2.45, 2.75) is 6.92 Å². The van der Waals surface area contributed by atoms with Crippen molar-refractivity contribution in [1.82, 2.24) is 0 Å². The predicted molar refractivity (Wildman–Crippen MR) is 46.6 cm³/mol. The van der Waals surface area contributed by atoms with Gasteiger partial charge in [-0.25, -0.2) is 4.39 Å². The van der Waals surface area contributed by atoms with Gasteiger partial charge in [0.15, 0.2) is 0 Å². The third-order valence-corrected chi connectivity index (χ3v) is 1.52. The highest BCUT2D eigenvalue weighted by molar-refractivity contribution is 5.71. The van der Waals surface area contributed by atoms with Gasteiger partial charge in [0.05, 0.1) is 0 Å². The number of allylic oxidation sites excluding steroid dienone is 1. The zero-order chi connectivity index (χ0) is 9.14. The van der Waals surface area contributed by atoms with Crippen molar-refractivity contribution >= 4 is 11.3 Å². The van der Waals surface area contributed by atoms with Gasteiger partial charge in [0.2, 0.25) is 0 Å². The minimum Gasteiger partial charge on any atom is -0.207 e. The maximum Gasteiger partial charge on any atom is 0.123 e. The summed E-state index contributed by atoms with van der Waals surface area (Å²) in [6.45, 7) is 5.31. The van der Waals surface area contributed by atoms with Crippen LogP contribution in [0.3, 0.4) is 0 Å². The van der Waals surface area contributed by atoms with Crippen LogP contribution in [0.4, 0.5) is 10.1 Å². The molecule has 0 aliphatic heterocycles. The van der Waals surface area contributed by atoms with Crippen molar-refractivity contribution < 1.29 is 4.39 Å². The molecule has 0 heterocycles. The van der Waals surface area contributed by atoms with E-state index in [1.807, 2.05) is 0 Å². The second-order valence-corrected chi connectivity index (χ2v) is 2.53. The zero-order valence-electron chi connectivity index (χ0n) is 6.67. The molecule has 1 aromatic carbocycles. The number of halogens is 1. The SMILES string of the molecule is C=C(C)c1cc(F)ccc1N=O. The summed E-state index contributed by atoms with van der Waals surface area (Å²) in [5.74, 6) is -0.389. The van der Waals surface area contributed by atoms with Gasteiger partial charge in [-0.15, -0.1) is 4.91 Å². The molecule has 3 heteroatoms. The third-order valence-electron chi connectivity index (χ3n) is 1.52. The van der Waals surface area contributed by atoms with Crippen LogP contribution < -0.4 is 0 Å². The van der Waals surface area contributed by atoms with E-state index in [9.17, 15) is 9.30 Å². The van der Waals surface area contributed by atoms with Crippen LogP contribution in [0.5, 0.6) is 0 Å². The van der Waals surface area contributed by atoms with Gasteiger partial charge in [-0.3, -0.25) is 0 Å². The lowest BCUT2D eigenvalue weighted by Crippen LogP contribution is -1.81. The molecule has 0 bridgehead atoms. The van der Waals surface area contributed by atoms with Crippen LogP contribution in [-0.2, 0) is 0 Å². The number of nitrogens with zero attached hydrogens (tertiary/aromatic N) is 1. The van der Waals surface area contributed by atoms with E-state index in [-0.39, 0.29) is 11.5 Å². The molecule has 0 aromatic heterocycles. The maximum atomic E-state index is 12.7. The summed E-state index contributed by atoms with van der Waals surface area (Å²) < 4.78 is 12.7. The first kappa shape index (κ1) is 8.59. The smallest absolute Gasteiger partial charge is 0.123 e. The lowest BCUT2D eigenvalue weighted by Gasteiger charge is -2.01. The van der Waals surface area contributed by atoms with Gasteiger partial charge in [0.25, 0.3) is 0 Å². The topological polar surface area (TPSA) is 29.4 Å². The fourth-order valence-corrected chi connectivity index (χ4v) is 0.930. The van der Waals surface area contributed by atoms with E-state index in [1.54, 1.807) is 6.92 Å². The van der Waals surface area contributed by atoms with E-state index in [0.29, 0.717) is 11.1 Å². The molecule has 1 rings (SSSR count).